The van der Waals surface area contributed by atoms with Gasteiger partial charge in [-0.05, 0) is 31.4 Å². The number of fused-ring (bicyclic) bond motifs is 1. The molecule has 0 radical (unpaired) electrons. The Morgan fingerprint density at radius 1 is 1.03 bits per heavy atom. The molecular weight excluding hydrogens is 515 g/mol. The molecule has 1 aromatic carbocycles. The first-order chi connectivity index (χ1) is 17.9. The Kier molecular flexibility index (Phi) is 8.91. The number of halogens is 2. The first-order valence-corrected chi connectivity index (χ1v) is 12.6. The van der Waals surface area contributed by atoms with E-state index < -0.39 is 0 Å². The van der Waals surface area contributed by atoms with Gasteiger partial charge in [0.25, 0.3) is 0 Å². The number of nitrogens with one attached hydrogen (secondary N) is 1. The average Bonchev–Trinajstić information content (AvgIpc) is 3.34. The maximum atomic E-state index is 6.61. The molecule has 1 fully saturated rings. The largest absolute Gasteiger partial charge is 0.495 e. The van der Waals surface area contributed by atoms with Crippen molar-refractivity contribution < 1.29 is 14.2 Å². The number of nitrogen functional groups attached to an aromatic ring is 1. The van der Waals surface area contributed by atoms with Gasteiger partial charge in [0, 0.05) is 67.2 Å². The number of benzene rings is 1. The predicted molar refractivity (Wildman–Crippen MR) is 148 cm³/mol. The fourth-order valence-corrected chi connectivity index (χ4v) is 4.67. The Balaban J connectivity index is 0.000000469. The van der Waals surface area contributed by atoms with Crippen LogP contribution < -0.4 is 20.5 Å². The number of rotatable bonds is 6. The van der Waals surface area contributed by atoms with Gasteiger partial charge in [0.1, 0.15) is 23.1 Å². The molecule has 3 aromatic heterocycles. The molecule has 0 atom stereocenters. The van der Waals surface area contributed by atoms with Crippen LogP contribution in [-0.4, -0.2) is 47.2 Å². The third-order valence-electron chi connectivity index (χ3n) is 5.86. The van der Waals surface area contributed by atoms with E-state index in [1.807, 2.05) is 19.3 Å². The van der Waals surface area contributed by atoms with Crippen LogP contribution in [0.15, 0.2) is 36.8 Å². The minimum atomic E-state index is 0.335. The van der Waals surface area contributed by atoms with E-state index in [0.717, 1.165) is 29.5 Å². The normalized spacial score (nSPS) is 13.1. The first kappa shape index (κ1) is 26.8. The summed E-state index contributed by atoms with van der Waals surface area (Å²) in [7, 11) is 4.92. The summed E-state index contributed by atoms with van der Waals surface area (Å²) in [4.78, 5) is 9.02. The van der Waals surface area contributed by atoms with Crippen LogP contribution in [0.3, 0.4) is 0 Å². The van der Waals surface area contributed by atoms with E-state index in [2.05, 4.69) is 15.4 Å². The molecule has 5 rings (SSSR count). The summed E-state index contributed by atoms with van der Waals surface area (Å²) in [6.45, 7) is 2.52. The number of methoxy groups -OCH3 is 2. The number of hydrogen-bond acceptors (Lipinski definition) is 8. The van der Waals surface area contributed by atoms with Gasteiger partial charge in [0.2, 0.25) is 0 Å². The molecule has 0 saturated carbocycles. The van der Waals surface area contributed by atoms with Crippen molar-refractivity contribution in [2.24, 2.45) is 7.05 Å². The number of aryl methyl sites for hydroxylation is 1. The molecule has 0 spiro atoms. The van der Waals surface area contributed by atoms with Crippen molar-refractivity contribution in [2.75, 3.05) is 38.5 Å². The van der Waals surface area contributed by atoms with Crippen LogP contribution in [0.25, 0.3) is 22.0 Å². The molecule has 0 bridgehead atoms. The van der Waals surface area contributed by atoms with Crippen molar-refractivity contribution in [1.82, 2.24) is 19.7 Å². The molecule has 0 aliphatic carbocycles. The summed E-state index contributed by atoms with van der Waals surface area (Å²) in [6.07, 6.45) is 9.33. The van der Waals surface area contributed by atoms with E-state index in [9.17, 15) is 0 Å². The van der Waals surface area contributed by atoms with Crippen LogP contribution in [0, 0.1) is 0 Å². The van der Waals surface area contributed by atoms with Crippen LogP contribution in [0.5, 0.6) is 11.5 Å². The predicted octanol–water partition coefficient (Wildman–Crippen LogP) is 5.74. The monoisotopic (exact) mass is 544 g/mol. The summed E-state index contributed by atoms with van der Waals surface area (Å²) < 4.78 is 17.6. The van der Waals surface area contributed by atoms with Gasteiger partial charge in [0.15, 0.2) is 0 Å². The standard InChI is InChI=1S/C21H20Cl2N6O2.C5H10O/c1-29-10-11(8-27-29)7-26-21-13-5-17(24)25-9-12(13)4-14(28-21)18-19(22)15(30-2)6-16(31-3)20(18)23;1-2-4-6-5-3-1/h4-6,8-10H,7H2,1-3H3,(H2,24,25)(H,26,28);1-5H2. The van der Waals surface area contributed by atoms with E-state index in [-0.39, 0.29) is 0 Å². The number of hydrogen-bond donors (Lipinski definition) is 2. The van der Waals surface area contributed by atoms with Gasteiger partial charge < -0.3 is 25.3 Å². The summed E-state index contributed by atoms with van der Waals surface area (Å²) in [5.41, 5.74) is 7.97. The van der Waals surface area contributed by atoms with Gasteiger partial charge >= 0.3 is 0 Å². The number of nitrogens with zero attached hydrogens (tertiary/aromatic N) is 4. The number of nitrogens with two attached hydrogens (primary N) is 1. The van der Waals surface area contributed by atoms with Gasteiger partial charge in [-0.25, -0.2) is 9.97 Å². The summed E-state index contributed by atoms with van der Waals surface area (Å²) in [6, 6.07) is 5.26. The second-order valence-electron chi connectivity index (χ2n) is 8.52. The molecule has 1 aliphatic rings. The van der Waals surface area contributed by atoms with Crippen molar-refractivity contribution in [2.45, 2.75) is 25.8 Å². The van der Waals surface area contributed by atoms with E-state index in [1.54, 1.807) is 29.2 Å². The highest BCUT2D eigenvalue weighted by Crippen LogP contribution is 2.46. The Bertz CT molecular complexity index is 1330. The van der Waals surface area contributed by atoms with Gasteiger partial charge in [-0.1, -0.05) is 23.2 Å². The van der Waals surface area contributed by atoms with Crippen molar-refractivity contribution in [3.05, 3.63) is 52.4 Å². The number of anilines is 2. The molecule has 11 heteroatoms. The highest BCUT2D eigenvalue weighted by atomic mass is 35.5. The third kappa shape index (κ3) is 6.36. The maximum Gasteiger partial charge on any atom is 0.141 e. The van der Waals surface area contributed by atoms with E-state index >= 15 is 0 Å². The van der Waals surface area contributed by atoms with Crippen LogP contribution >= 0.6 is 23.2 Å². The number of pyridine rings is 2. The molecule has 1 saturated heterocycles. The molecule has 196 valence electrons. The van der Waals surface area contributed by atoms with Crippen molar-refractivity contribution >= 4 is 45.6 Å². The van der Waals surface area contributed by atoms with E-state index in [0.29, 0.717) is 51.0 Å². The number of aromatic nitrogens is 4. The first-order valence-electron chi connectivity index (χ1n) is 11.9. The molecule has 0 unspecified atom stereocenters. The van der Waals surface area contributed by atoms with Crippen LogP contribution in [0.2, 0.25) is 10.0 Å². The SMILES string of the molecule is C1CCOCC1.COc1cc(OC)c(Cl)c(-c2cc3cnc(N)cc3c(NCc3cnn(C)c3)n2)c1Cl. The Morgan fingerprint density at radius 3 is 2.27 bits per heavy atom. The lowest BCUT2D eigenvalue weighted by Crippen LogP contribution is -2.04. The van der Waals surface area contributed by atoms with Gasteiger partial charge in [-0.15, -0.1) is 0 Å². The summed E-state index contributed by atoms with van der Waals surface area (Å²) >= 11 is 13.2. The van der Waals surface area contributed by atoms with Gasteiger partial charge in [0.05, 0.1) is 36.2 Å². The Morgan fingerprint density at radius 2 is 1.73 bits per heavy atom. The van der Waals surface area contributed by atoms with Gasteiger partial charge in [-0.2, -0.15) is 5.10 Å². The topological polar surface area (TPSA) is 109 Å². The highest BCUT2D eigenvalue weighted by molar-refractivity contribution is 6.41. The molecule has 9 nitrogen and oxygen atoms in total. The lowest BCUT2D eigenvalue weighted by molar-refractivity contribution is 0.0968. The van der Waals surface area contributed by atoms with Crippen molar-refractivity contribution in [1.29, 1.82) is 0 Å². The molecule has 37 heavy (non-hydrogen) atoms. The maximum absolute atomic E-state index is 6.61. The van der Waals surface area contributed by atoms with E-state index in [1.165, 1.54) is 33.5 Å². The Labute approximate surface area is 225 Å². The zero-order valence-corrected chi connectivity index (χ0v) is 22.6. The summed E-state index contributed by atoms with van der Waals surface area (Å²) in [5, 5.41) is 9.86. The fraction of sp³-hybridized carbons (Fsp3) is 0.346. The van der Waals surface area contributed by atoms with Crippen molar-refractivity contribution in [3.8, 4) is 22.8 Å². The fourth-order valence-electron chi connectivity index (χ4n) is 3.97. The summed E-state index contributed by atoms with van der Waals surface area (Å²) in [5.74, 6) is 1.87. The quantitative estimate of drug-likeness (QED) is 0.316. The van der Waals surface area contributed by atoms with Crippen LogP contribution in [0.4, 0.5) is 11.6 Å². The second kappa shape index (κ2) is 12.3. The molecule has 1 aliphatic heterocycles. The second-order valence-corrected chi connectivity index (χ2v) is 9.28. The minimum Gasteiger partial charge on any atom is -0.495 e. The zero-order valence-electron chi connectivity index (χ0n) is 21.1. The molecule has 3 N–H and O–H groups in total. The highest BCUT2D eigenvalue weighted by Gasteiger charge is 2.21. The van der Waals surface area contributed by atoms with Crippen LogP contribution in [-0.2, 0) is 18.3 Å². The molecule has 0 amide bonds. The van der Waals surface area contributed by atoms with Gasteiger partial charge in [-0.3, -0.25) is 4.68 Å². The third-order valence-corrected chi connectivity index (χ3v) is 6.61. The lowest BCUT2D eigenvalue weighted by Gasteiger charge is -2.16. The smallest absolute Gasteiger partial charge is 0.141 e. The molecule has 4 aromatic rings. The Hall–Kier alpha value is -3.27. The lowest BCUT2D eigenvalue weighted by atomic mass is 10.1. The van der Waals surface area contributed by atoms with E-state index in [4.69, 9.17) is 48.1 Å². The average molecular weight is 545 g/mol. The molecular formula is C26H30Cl2N6O3. The molecule has 4 heterocycles. The van der Waals surface area contributed by atoms with Crippen LogP contribution in [0.1, 0.15) is 24.8 Å². The van der Waals surface area contributed by atoms with Crippen molar-refractivity contribution in [3.63, 3.8) is 0 Å². The minimum absolute atomic E-state index is 0.335. The zero-order chi connectivity index (χ0) is 26.4. The number of ether oxygens (including phenoxy) is 3.